The Morgan fingerprint density at radius 3 is 2.78 bits per heavy atom. The van der Waals surface area contributed by atoms with Crippen LogP contribution in [0.5, 0.6) is 0 Å². The van der Waals surface area contributed by atoms with Gasteiger partial charge in [0.1, 0.15) is 0 Å². The van der Waals surface area contributed by atoms with E-state index in [1.807, 2.05) is 66.9 Å². The molecule has 1 saturated heterocycles. The molecule has 2 aromatic carbocycles. The number of carbonyl (C=O) groups excluding carboxylic acids is 1. The fraction of sp³-hybridized carbons (Fsp3) is 0.208. The molecule has 0 unspecified atom stereocenters. The molecule has 2 aromatic heterocycles. The molecule has 0 radical (unpaired) electrons. The number of nitrogens with zero attached hydrogens (tertiary/aromatic N) is 4. The summed E-state index contributed by atoms with van der Waals surface area (Å²) in [4.78, 5) is 23.1. The van der Waals surface area contributed by atoms with Crippen LogP contribution in [0.25, 0.3) is 16.8 Å². The Bertz CT molecular complexity index is 1270. The lowest BCUT2D eigenvalue weighted by Gasteiger charge is -2.24. The zero-order chi connectivity index (χ0) is 22.1. The number of hydrogen-bond acceptors (Lipinski definition) is 5. The summed E-state index contributed by atoms with van der Waals surface area (Å²) in [6, 6.07) is 19.5. The Hall–Kier alpha value is -3.91. The lowest BCUT2D eigenvalue weighted by molar-refractivity contribution is -0.0829. The van der Waals surface area contributed by atoms with Crippen LogP contribution in [-0.2, 0) is 11.3 Å². The van der Waals surface area contributed by atoms with Crippen molar-refractivity contribution in [3.8, 4) is 11.1 Å². The van der Waals surface area contributed by atoms with Crippen LogP contribution in [-0.4, -0.2) is 32.3 Å². The van der Waals surface area contributed by atoms with Crippen LogP contribution < -0.4 is 11.1 Å². The highest BCUT2D eigenvalue weighted by atomic mass is 16.7. The minimum Gasteiger partial charge on any atom is -0.366 e. The summed E-state index contributed by atoms with van der Waals surface area (Å²) in [5.41, 5.74) is 11.2. The number of benzene rings is 2. The van der Waals surface area contributed by atoms with Gasteiger partial charge in [-0.1, -0.05) is 49.4 Å². The van der Waals surface area contributed by atoms with E-state index in [2.05, 4.69) is 22.3 Å². The third-order valence-corrected chi connectivity index (χ3v) is 5.71. The second-order valence-corrected chi connectivity index (χ2v) is 7.72. The van der Waals surface area contributed by atoms with Crippen molar-refractivity contribution in [3.05, 3.63) is 78.0 Å². The topological polar surface area (TPSA) is 97.8 Å². The van der Waals surface area contributed by atoms with Crippen LogP contribution in [0, 0.1) is 0 Å². The number of carbonyl (C=O) groups is 1. The number of amides is 2. The SMILES string of the molecule is CCc1ccc(-c2ccn3nc(N)nc3c2)cc1NC(=O)N1OCC[C@H]1c1ccccc1. The van der Waals surface area contributed by atoms with Crippen molar-refractivity contribution in [2.45, 2.75) is 25.8 Å². The van der Waals surface area contributed by atoms with Gasteiger partial charge in [0, 0.05) is 18.3 Å². The van der Waals surface area contributed by atoms with Crippen LogP contribution in [0.15, 0.2) is 66.9 Å². The lowest BCUT2D eigenvalue weighted by Crippen LogP contribution is -2.33. The summed E-state index contributed by atoms with van der Waals surface area (Å²) in [5, 5.41) is 8.63. The van der Waals surface area contributed by atoms with Crippen molar-refractivity contribution in [1.82, 2.24) is 19.7 Å². The zero-order valence-corrected chi connectivity index (χ0v) is 17.7. The molecule has 3 N–H and O–H groups in total. The Balaban J connectivity index is 1.43. The van der Waals surface area contributed by atoms with Crippen molar-refractivity contribution in [1.29, 1.82) is 0 Å². The molecule has 0 bridgehead atoms. The highest BCUT2D eigenvalue weighted by Crippen LogP contribution is 2.32. The second kappa shape index (κ2) is 8.32. The molecular formula is C24H24N6O2. The van der Waals surface area contributed by atoms with Crippen LogP contribution in [0.4, 0.5) is 16.4 Å². The average Bonchev–Trinajstić information content (AvgIpc) is 3.45. The molecule has 0 aliphatic carbocycles. The van der Waals surface area contributed by atoms with E-state index in [0.29, 0.717) is 12.3 Å². The highest BCUT2D eigenvalue weighted by Gasteiger charge is 2.32. The van der Waals surface area contributed by atoms with Gasteiger partial charge in [-0.2, -0.15) is 10.0 Å². The molecule has 162 valence electrons. The van der Waals surface area contributed by atoms with Gasteiger partial charge in [-0.05, 0) is 46.9 Å². The number of aryl methyl sites for hydroxylation is 1. The Kier molecular flexibility index (Phi) is 5.20. The number of nitrogen functional groups attached to an aromatic ring is 1. The van der Waals surface area contributed by atoms with Gasteiger partial charge in [-0.15, -0.1) is 5.10 Å². The summed E-state index contributed by atoms with van der Waals surface area (Å²) in [6.45, 7) is 2.57. The number of anilines is 2. The molecule has 8 nitrogen and oxygen atoms in total. The number of fused-ring (bicyclic) bond motifs is 1. The van der Waals surface area contributed by atoms with E-state index in [9.17, 15) is 4.79 Å². The second-order valence-electron chi connectivity index (χ2n) is 7.72. The Labute approximate surface area is 185 Å². The molecule has 2 amide bonds. The molecule has 5 rings (SSSR count). The predicted octanol–water partition coefficient (Wildman–Crippen LogP) is 4.45. The first-order valence-electron chi connectivity index (χ1n) is 10.7. The van der Waals surface area contributed by atoms with Crippen molar-refractivity contribution in [3.63, 3.8) is 0 Å². The lowest BCUT2D eigenvalue weighted by atomic mass is 10.0. The van der Waals surface area contributed by atoms with E-state index in [1.165, 1.54) is 5.06 Å². The maximum absolute atomic E-state index is 13.1. The summed E-state index contributed by atoms with van der Waals surface area (Å²) in [7, 11) is 0. The fourth-order valence-corrected chi connectivity index (χ4v) is 4.08. The van der Waals surface area contributed by atoms with Gasteiger partial charge in [-0.25, -0.2) is 9.31 Å². The first-order valence-corrected chi connectivity index (χ1v) is 10.7. The number of hydrogen-bond donors (Lipinski definition) is 2. The van der Waals surface area contributed by atoms with Crippen LogP contribution in [0.2, 0.25) is 0 Å². The summed E-state index contributed by atoms with van der Waals surface area (Å²) >= 11 is 0. The van der Waals surface area contributed by atoms with E-state index >= 15 is 0 Å². The van der Waals surface area contributed by atoms with Gasteiger partial charge in [0.2, 0.25) is 5.95 Å². The van der Waals surface area contributed by atoms with Crippen molar-refractivity contribution in [2.24, 2.45) is 0 Å². The number of rotatable bonds is 4. The minimum absolute atomic E-state index is 0.106. The van der Waals surface area contributed by atoms with Gasteiger partial charge in [0.15, 0.2) is 5.65 Å². The van der Waals surface area contributed by atoms with E-state index in [0.717, 1.165) is 40.8 Å². The molecule has 4 aromatic rings. The van der Waals surface area contributed by atoms with Crippen LogP contribution >= 0.6 is 0 Å². The first kappa shape index (κ1) is 20.0. The number of aromatic nitrogens is 3. The summed E-state index contributed by atoms with van der Waals surface area (Å²) in [6.07, 6.45) is 3.38. The standard InChI is InChI=1S/C24H24N6O2/c1-2-16-8-9-18(19-10-12-29-22(15-19)27-23(25)28-29)14-20(16)26-24(31)30-21(11-13-32-30)17-6-4-3-5-7-17/h3-10,12,14-15,21H,2,11,13H2,1H3,(H2,25,28)(H,26,31)/t21-/m0/s1. The largest absolute Gasteiger partial charge is 0.366 e. The summed E-state index contributed by atoms with van der Waals surface area (Å²) < 4.78 is 1.64. The highest BCUT2D eigenvalue weighted by molar-refractivity contribution is 5.91. The molecule has 32 heavy (non-hydrogen) atoms. The van der Waals surface area contributed by atoms with Crippen molar-refractivity contribution in [2.75, 3.05) is 17.7 Å². The smallest absolute Gasteiger partial charge is 0.346 e. The number of nitrogens with two attached hydrogens (primary N) is 1. The van der Waals surface area contributed by atoms with E-state index < -0.39 is 0 Å². The van der Waals surface area contributed by atoms with E-state index in [1.54, 1.807) is 4.52 Å². The summed E-state index contributed by atoms with van der Waals surface area (Å²) in [5.74, 6) is 0.231. The maximum Gasteiger partial charge on any atom is 0.346 e. The quantitative estimate of drug-likeness (QED) is 0.500. The molecular weight excluding hydrogens is 404 g/mol. The Morgan fingerprint density at radius 2 is 1.97 bits per heavy atom. The van der Waals surface area contributed by atoms with Crippen LogP contribution in [0.1, 0.15) is 30.5 Å². The number of pyridine rings is 1. The van der Waals surface area contributed by atoms with Gasteiger partial charge in [0.25, 0.3) is 0 Å². The zero-order valence-electron chi connectivity index (χ0n) is 17.7. The Morgan fingerprint density at radius 1 is 1.16 bits per heavy atom. The van der Waals surface area contributed by atoms with Crippen molar-refractivity contribution < 1.29 is 9.63 Å². The normalized spacial score (nSPS) is 15.9. The third kappa shape index (κ3) is 3.76. The van der Waals surface area contributed by atoms with Gasteiger partial charge >= 0.3 is 6.03 Å². The minimum atomic E-state index is -0.274. The third-order valence-electron chi connectivity index (χ3n) is 5.71. The maximum atomic E-state index is 13.1. The average molecular weight is 428 g/mol. The van der Waals surface area contributed by atoms with Gasteiger partial charge in [-0.3, -0.25) is 4.84 Å². The molecule has 8 heteroatoms. The monoisotopic (exact) mass is 428 g/mol. The molecule has 1 aliphatic heterocycles. The molecule has 0 saturated carbocycles. The van der Waals surface area contributed by atoms with Gasteiger partial charge in [0.05, 0.1) is 12.6 Å². The first-order chi connectivity index (χ1) is 15.6. The molecule has 3 heterocycles. The predicted molar refractivity (Wildman–Crippen MR) is 123 cm³/mol. The van der Waals surface area contributed by atoms with E-state index in [-0.39, 0.29) is 18.0 Å². The fourth-order valence-electron chi connectivity index (χ4n) is 4.08. The number of hydroxylamine groups is 2. The molecule has 1 aliphatic rings. The molecule has 0 spiro atoms. The van der Waals surface area contributed by atoms with Crippen molar-refractivity contribution >= 4 is 23.3 Å². The van der Waals surface area contributed by atoms with Crippen LogP contribution in [0.3, 0.4) is 0 Å². The number of nitrogens with one attached hydrogen (secondary N) is 1. The molecule has 1 atom stereocenters. The number of urea groups is 1. The molecule has 1 fully saturated rings. The van der Waals surface area contributed by atoms with E-state index in [4.69, 9.17) is 10.6 Å². The van der Waals surface area contributed by atoms with Gasteiger partial charge < -0.3 is 11.1 Å².